The average Bonchev–Trinajstić information content (AvgIpc) is 2.46. The Morgan fingerprint density at radius 1 is 0.895 bits per heavy atom. The molecule has 0 radical (unpaired) electrons. The van der Waals surface area contributed by atoms with Gasteiger partial charge in [-0.05, 0) is 34.5 Å². The molecule has 1 fully saturated rings. The summed E-state index contributed by atoms with van der Waals surface area (Å²) in [6, 6.07) is 15.2. The normalized spacial score (nSPS) is 23.5. The molecular formula is C16H17BCl2. The maximum absolute atomic E-state index is 6.22. The second-order valence-electron chi connectivity index (χ2n) is 5.46. The number of benzene rings is 2. The Morgan fingerprint density at radius 2 is 1.63 bits per heavy atom. The molecule has 0 aliphatic heterocycles. The molecule has 0 N–H and O–H groups in total. The quantitative estimate of drug-likeness (QED) is 0.610. The molecule has 1 aliphatic rings. The lowest BCUT2D eigenvalue weighted by atomic mass is 9.64. The molecule has 1 unspecified atom stereocenters. The lowest BCUT2D eigenvalue weighted by Crippen LogP contribution is -2.20. The molecule has 3 rings (SSSR count). The van der Waals surface area contributed by atoms with Crippen molar-refractivity contribution < 1.29 is 0 Å². The molecule has 1 aliphatic carbocycles. The van der Waals surface area contributed by atoms with E-state index in [0.29, 0.717) is 11.7 Å². The zero-order valence-corrected chi connectivity index (χ0v) is 12.4. The monoisotopic (exact) mass is 290 g/mol. The first-order valence-electron chi connectivity index (χ1n) is 7.03. The van der Waals surface area contributed by atoms with Crippen molar-refractivity contribution in [3.63, 3.8) is 0 Å². The van der Waals surface area contributed by atoms with Crippen LogP contribution in [0.5, 0.6) is 0 Å². The van der Waals surface area contributed by atoms with Crippen LogP contribution in [0.2, 0.25) is 5.82 Å². The van der Waals surface area contributed by atoms with E-state index in [1.807, 2.05) is 0 Å². The van der Waals surface area contributed by atoms with Crippen LogP contribution in [0.3, 0.4) is 0 Å². The van der Waals surface area contributed by atoms with Gasteiger partial charge in [-0.1, -0.05) is 61.7 Å². The Kier molecular flexibility index (Phi) is 4.05. The molecule has 19 heavy (non-hydrogen) atoms. The maximum Gasteiger partial charge on any atom is 0.355 e. The van der Waals surface area contributed by atoms with Gasteiger partial charge in [0.05, 0.1) is 0 Å². The van der Waals surface area contributed by atoms with Crippen LogP contribution in [0.1, 0.15) is 37.2 Å². The minimum Gasteiger partial charge on any atom is -0.171 e. The fraction of sp³-hybridized carbons (Fsp3) is 0.375. The second-order valence-corrected chi connectivity index (χ2v) is 6.62. The summed E-state index contributed by atoms with van der Waals surface area (Å²) in [6.45, 7) is 0. The van der Waals surface area contributed by atoms with Gasteiger partial charge in [-0.15, -0.1) is 0 Å². The standard InChI is InChI=1S/C16H17BCl2/c18-17(19)16-11-4-3-9-15(16)14-10-5-7-12-6-1-2-8-13(12)14/h1-2,5-8,10,15-16H,3-4,9,11H2/t15?,16-/m1/s1. The first-order chi connectivity index (χ1) is 9.27. The van der Waals surface area contributed by atoms with Gasteiger partial charge in [0, 0.05) is 0 Å². The Morgan fingerprint density at radius 3 is 2.47 bits per heavy atom. The Labute approximate surface area is 125 Å². The van der Waals surface area contributed by atoms with E-state index in [1.165, 1.54) is 35.6 Å². The molecular weight excluding hydrogens is 274 g/mol. The maximum atomic E-state index is 6.22. The van der Waals surface area contributed by atoms with Crippen LogP contribution in [-0.2, 0) is 0 Å². The number of halogens is 2. The van der Waals surface area contributed by atoms with Gasteiger partial charge >= 0.3 is 5.54 Å². The van der Waals surface area contributed by atoms with Crippen molar-refractivity contribution >= 4 is 39.2 Å². The van der Waals surface area contributed by atoms with E-state index in [2.05, 4.69) is 42.5 Å². The zero-order valence-electron chi connectivity index (χ0n) is 10.9. The van der Waals surface area contributed by atoms with Crippen molar-refractivity contribution in [2.45, 2.75) is 37.4 Å². The minimum absolute atomic E-state index is 0.260. The van der Waals surface area contributed by atoms with Gasteiger partial charge in [0.15, 0.2) is 0 Å². The summed E-state index contributed by atoms with van der Waals surface area (Å²) in [7, 11) is 0. The van der Waals surface area contributed by atoms with Gasteiger partial charge in [0.25, 0.3) is 0 Å². The van der Waals surface area contributed by atoms with E-state index in [1.54, 1.807) is 0 Å². The highest BCUT2D eigenvalue weighted by atomic mass is 35.5. The van der Waals surface area contributed by atoms with Crippen molar-refractivity contribution in [3.8, 4) is 0 Å². The molecule has 0 nitrogen and oxygen atoms in total. The SMILES string of the molecule is ClB(Cl)[C@@H]1CCCCC1c1cccc2ccccc12. The first kappa shape index (κ1) is 13.3. The first-order valence-corrected chi connectivity index (χ1v) is 7.90. The Balaban J connectivity index is 2.07. The van der Waals surface area contributed by atoms with Crippen molar-refractivity contribution in [1.29, 1.82) is 0 Å². The summed E-state index contributed by atoms with van der Waals surface area (Å²) >= 11 is 12.4. The second kappa shape index (κ2) is 5.77. The lowest BCUT2D eigenvalue weighted by Gasteiger charge is -2.32. The lowest BCUT2D eigenvalue weighted by molar-refractivity contribution is 0.443. The van der Waals surface area contributed by atoms with Crippen molar-refractivity contribution in [3.05, 3.63) is 48.0 Å². The molecule has 3 heteroatoms. The van der Waals surface area contributed by atoms with Crippen LogP contribution in [0.25, 0.3) is 10.8 Å². The van der Waals surface area contributed by atoms with Crippen LogP contribution < -0.4 is 0 Å². The van der Waals surface area contributed by atoms with Crippen molar-refractivity contribution in [2.24, 2.45) is 0 Å². The highest BCUT2D eigenvalue weighted by Gasteiger charge is 2.34. The summed E-state index contributed by atoms with van der Waals surface area (Å²) < 4.78 is 0. The van der Waals surface area contributed by atoms with E-state index >= 15 is 0 Å². The van der Waals surface area contributed by atoms with Gasteiger partial charge in [-0.2, -0.15) is 22.9 Å². The molecule has 2 atom stereocenters. The highest BCUT2D eigenvalue weighted by molar-refractivity contribution is 7.34. The molecule has 0 bridgehead atoms. The predicted molar refractivity (Wildman–Crippen MR) is 86.4 cm³/mol. The topological polar surface area (TPSA) is 0 Å². The molecule has 0 aromatic heterocycles. The Bertz CT molecular complexity index is 562. The summed E-state index contributed by atoms with van der Waals surface area (Å²) in [5.74, 6) is 0.891. The van der Waals surface area contributed by atoms with Gasteiger partial charge < -0.3 is 0 Å². The third kappa shape index (κ3) is 2.64. The molecule has 0 amide bonds. The van der Waals surface area contributed by atoms with Crippen LogP contribution in [0.4, 0.5) is 0 Å². The van der Waals surface area contributed by atoms with Crippen molar-refractivity contribution in [2.75, 3.05) is 0 Å². The van der Waals surface area contributed by atoms with Gasteiger partial charge in [0.1, 0.15) is 0 Å². The van der Waals surface area contributed by atoms with E-state index in [4.69, 9.17) is 22.9 Å². The van der Waals surface area contributed by atoms with Gasteiger partial charge in [-0.3, -0.25) is 0 Å². The fourth-order valence-electron chi connectivity index (χ4n) is 3.42. The van der Waals surface area contributed by atoms with Gasteiger partial charge in [-0.25, -0.2) is 0 Å². The van der Waals surface area contributed by atoms with Crippen LogP contribution >= 0.6 is 22.9 Å². The molecule has 0 heterocycles. The van der Waals surface area contributed by atoms with E-state index in [0.717, 1.165) is 6.42 Å². The fourth-order valence-corrected chi connectivity index (χ4v) is 4.02. The third-order valence-electron chi connectivity index (χ3n) is 4.37. The van der Waals surface area contributed by atoms with Crippen LogP contribution in [0, 0.1) is 0 Å². The molecule has 0 spiro atoms. The molecule has 1 saturated carbocycles. The number of hydrogen-bond donors (Lipinski definition) is 0. The summed E-state index contributed by atoms with van der Waals surface area (Å²) in [6.07, 6.45) is 4.88. The average molecular weight is 291 g/mol. The zero-order chi connectivity index (χ0) is 13.2. The number of fused-ring (bicyclic) bond motifs is 1. The summed E-state index contributed by atoms with van der Waals surface area (Å²) in [4.78, 5) is 0. The van der Waals surface area contributed by atoms with E-state index < -0.39 is 0 Å². The number of hydrogen-bond acceptors (Lipinski definition) is 0. The molecule has 0 saturated heterocycles. The van der Waals surface area contributed by atoms with Crippen LogP contribution in [0.15, 0.2) is 42.5 Å². The predicted octanol–water partition coefficient (Wildman–Crippen LogP) is 5.83. The Hall–Kier alpha value is -0.655. The smallest absolute Gasteiger partial charge is 0.171 e. The van der Waals surface area contributed by atoms with Crippen LogP contribution in [-0.4, -0.2) is 5.54 Å². The molecule has 2 aromatic carbocycles. The summed E-state index contributed by atoms with van der Waals surface area (Å²) in [5, 5.41) is 2.67. The van der Waals surface area contributed by atoms with Crippen molar-refractivity contribution in [1.82, 2.24) is 0 Å². The molecule has 98 valence electrons. The van der Waals surface area contributed by atoms with E-state index in [-0.39, 0.29) is 5.54 Å². The largest absolute Gasteiger partial charge is 0.355 e. The summed E-state index contributed by atoms with van der Waals surface area (Å²) in [5.41, 5.74) is 1.17. The minimum atomic E-state index is -0.260. The van der Waals surface area contributed by atoms with Gasteiger partial charge in [0.2, 0.25) is 0 Å². The third-order valence-corrected chi connectivity index (χ3v) is 5.01. The number of rotatable bonds is 2. The molecule has 2 aromatic rings. The van der Waals surface area contributed by atoms with E-state index in [9.17, 15) is 0 Å². The highest BCUT2D eigenvalue weighted by Crippen LogP contribution is 2.46.